The lowest BCUT2D eigenvalue weighted by Gasteiger charge is -2.10. The quantitative estimate of drug-likeness (QED) is 0.254. The molecular formula is C18H16BrN3O4. The second-order valence-corrected chi connectivity index (χ2v) is 5.73. The van der Waals surface area contributed by atoms with Crippen molar-refractivity contribution in [2.24, 2.45) is 5.16 Å². The minimum atomic E-state index is -0.674. The summed E-state index contributed by atoms with van der Waals surface area (Å²) in [6.07, 6.45) is 3.46. The Labute approximate surface area is 159 Å². The van der Waals surface area contributed by atoms with E-state index < -0.39 is 16.8 Å². The van der Waals surface area contributed by atoms with Crippen LogP contribution in [0.4, 0.5) is 5.69 Å². The summed E-state index contributed by atoms with van der Waals surface area (Å²) in [4.78, 5) is 42.8. The summed E-state index contributed by atoms with van der Waals surface area (Å²) in [7, 11) is 3.83. The molecule has 0 radical (unpaired) electrons. The molecule has 0 fully saturated rings. The first-order valence-corrected chi connectivity index (χ1v) is 7.60. The summed E-state index contributed by atoms with van der Waals surface area (Å²) in [5.74, 6) is -0.674. The monoisotopic (exact) mass is 417 g/mol. The Morgan fingerprint density at radius 1 is 1.04 bits per heavy atom. The van der Waals surface area contributed by atoms with Crippen molar-refractivity contribution in [2.45, 2.75) is 6.54 Å². The number of pyridine rings is 1. The first-order chi connectivity index (χ1) is 12.0. The number of nitrogens with zero attached hydrogens (tertiary/aromatic N) is 3. The van der Waals surface area contributed by atoms with Crippen LogP contribution in [-0.4, -0.2) is 20.1 Å². The van der Waals surface area contributed by atoms with Gasteiger partial charge >= 0.3 is 5.97 Å². The molecule has 0 bridgehead atoms. The highest BCUT2D eigenvalue weighted by Crippen LogP contribution is 2.05. The number of aromatic nitrogens is 1. The highest BCUT2D eigenvalue weighted by Gasteiger charge is 2.14. The Balaban J connectivity index is 0.00000243. The van der Waals surface area contributed by atoms with Crippen LogP contribution in [0.3, 0.4) is 0 Å². The Morgan fingerprint density at radius 2 is 1.58 bits per heavy atom. The van der Waals surface area contributed by atoms with E-state index in [9.17, 15) is 14.4 Å². The van der Waals surface area contributed by atoms with E-state index in [0.717, 1.165) is 5.69 Å². The van der Waals surface area contributed by atoms with Gasteiger partial charge < -0.3 is 26.7 Å². The van der Waals surface area contributed by atoms with Crippen molar-refractivity contribution in [1.29, 1.82) is 0 Å². The second kappa shape index (κ2) is 8.01. The van der Waals surface area contributed by atoms with Gasteiger partial charge in [0.25, 0.3) is 0 Å². The topological polar surface area (TPSA) is 79.9 Å². The zero-order valence-electron chi connectivity index (χ0n) is 14.2. The number of halogens is 1. The molecule has 134 valence electrons. The highest BCUT2D eigenvalue weighted by molar-refractivity contribution is 5.83. The van der Waals surface area contributed by atoms with Crippen LogP contribution in [0, 0.1) is 0 Å². The van der Waals surface area contributed by atoms with Crippen LogP contribution >= 0.6 is 0 Å². The number of anilines is 1. The van der Waals surface area contributed by atoms with Crippen molar-refractivity contribution >= 4 is 22.4 Å². The van der Waals surface area contributed by atoms with Gasteiger partial charge in [-0.2, -0.15) is 4.57 Å². The summed E-state index contributed by atoms with van der Waals surface area (Å²) in [5.41, 5.74) is -0.0717. The van der Waals surface area contributed by atoms with E-state index in [2.05, 4.69) is 5.16 Å². The van der Waals surface area contributed by atoms with E-state index in [1.54, 1.807) is 41.2 Å². The Kier molecular flexibility index (Phi) is 5.99. The first-order valence-electron chi connectivity index (χ1n) is 7.60. The normalized spacial score (nSPS) is 10.2. The van der Waals surface area contributed by atoms with E-state index in [0.29, 0.717) is 0 Å². The molecule has 0 N–H and O–H groups in total. The lowest BCUT2D eigenvalue weighted by molar-refractivity contribution is -0.685. The summed E-state index contributed by atoms with van der Waals surface area (Å²) in [6.45, 7) is -0.0835. The van der Waals surface area contributed by atoms with E-state index in [1.165, 1.54) is 0 Å². The van der Waals surface area contributed by atoms with Crippen molar-refractivity contribution in [3.05, 3.63) is 74.6 Å². The molecule has 0 amide bonds. The molecule has 0 saturated carbocycles. The lowest BCUT2D eigenvalue weighted by Crippen LogP contribution is -3.00. The number of hydrogen-bond donors (Lipinski definition) is 0. The minimum Gasteiger partial charge on any atom is -1.00 e. The molecule has 0 aliphatic carbocycles. The van der Waals surface area contributed by atoms with Gasteiger partial charge in [-0.1, -0.05) is 29.4 Å². The number of hydrogen-bond acceptors (Lipinski definition) is 6. The van der Waals surface area contributed by atoms with Crippen molar-refractivity contribution in [3.8, 4) is 0 Å². The SMILES string of the molecule is CN(C)c1cc[n+](CC(=O)ON=c2c(=O)c3ccccc3c2=O)cc1.[Br-]. The number of carbonyl (C=O) groups is 1. The molecule has 1 aromatic heterocycles. The standard InChI is InChI=1S/C18H16N3O4.BrH/c1-20(2)12-7-9-21(10-8-12)11-15(22)25-19-16-17(23)13-5-3-4-6-14(13)18(16)24;/h3-10H,11H2,1-2H3;1H/q+1;/p-1. The number of rotatable bonds is 4. The predicted octanol–water partition coefficient (Wildman–Crippen LogP) is -3.15. The largest absolute Gasteiger partial charge is 1.00 e. The molecule has 3 aromatic rings. The fraction of sp³-hybridized carbons (Fsp3) is 0.167. The maximum Gasteiger partial charge on any atom is 0.399 e. The fourth-order valence-corrected chi connectivity index (χ4v) is 2.45. The van der Waals surface area contributed by atoms with Gasteiger partial charge in [0.05, 0.1) is 0 Å². The third-order valence-electron chi connectivity index (χ3n) is 3.79. The van der Waals surface area contributed by atoms with Gasteiger partial charge in [0.1, 0.15) is 0 Å². The van der Waals surface area contributed by atoms with Crippen molar-refractivity contribution < 1.29 is 31.2 Å². The van der Waals surface area contributed by atoms with Gasteiger partial charge in [0.2, 0.25) is 17.4 Å². The lowest BCUT2D eigenvalue weighted by atomic mass is 10.2. The average Bonchev–Trinajstić information content (AvgIpc) is 2.85. The summed E-state index contributed by atoms with van der Waals surface area (Å²) >= 11 is 0. The van der Waals surface area contributed by atoms with Crippen LogP contribution in [0.2, 0.25) is 0 Å². The minimum absolute atomic E-state index is 0. The van der Waals surface area contributed by atoms with E-state index in [-0.39, 0.29) is 39.7 Å². The fourth-order valence-electron chi connectivity index (χ4n) is 2.45. The van der Waals surface area contributed by atoms with Gasteiger partial charge in [-0.25, -0.2) is 4.79 Å². The van der Waals surface area contributed by atoms with Crippen molar-refractivity contribution in [3.63, 3.8) is 0 Å². The second-order valence-electron chi connectivity index (χ2n) is 5.73. The molecular weight excluding hydrogens is 402 g/mol. The molecule has 0 spiro atoms. The molecule has 0 aliphatic heterocycles. The first kappa shape index (κ1) is 19.5. The van der Waals surface area contributed by atoms with Crippen LogP contribution in [0.15, 0.2) is 63.5 Å². The third kappa shape index (κ3) is 3.85. The Bertz CT molecular complexity index is 1030. The molecule has 3 rings (SSSR count). The predicted molar refractivity (Wildman–Crippen MR) is 91.5 cm³/mol. The van der Waals surface area contributed by atoms with Crippen molar-refractivity contribution in [2.75, 3.05) is 19.0 Å². The summed E-state index contributed by atoms with van der Waals surface area (Å²) in [5, 5.41) is 3.66. The van der Waals surface area contributed by atoms with Crippen LogP contribution in [0.5, 0.6) is 0 Å². The van der Waals surface area contributed by atoms with Crippen LogP contribution < -0.4 is 42.7 Å². The summed E-state index contributed by atoms with van der Waals surface area (Å²) < 4.78 is 1.61. The number of carbonyl (C=O) groups excluding carboxylic acids is 1. The smallest absolute Gasteiger partial charge is 0.399 e. The third-order valence-corrected chi connectivity index (χ3v) is 3.79. The molecule has 0 aliphatic rings. The van der Waals surface area contributed by atoms with Gasteiger partial charge in [-0.15, -0.1) is 0 Å². The maximum atomic E-state index is 12.1. The van der Waals surface area contributed by atoms with Crippen LogP contribution in [0.1, 0.15) is 0 Å². The zero-order chi connectivity index (χ0) is 18.0. The molecule has 7 nitrogen and oxygen atoms in total. The maximum absolute atomic E-state index is 12.1. The van der Waals surface area contributed by atoms with E-state index in [4.69, 9.17) is 4.84 Å². The van der Waals surface area contributed by atoms with E-state index >= 15 is 0 Å². The van der Waals surface area contributed by atoms with Gasteiger partial charge in [-0.05, 0) is 0 Å². The molecule has 1 heterocycles. The van der Waals surface area contributed by atoms with Gasteiger partial charge in [0.15, 0.2) is 17.8 Å². The molecule has 0 unspecified atom stereocenters. The van der Waals surface area contributed by atoms with Crippen molar-refractivity contribution in [1.82, 2.24) is 0 Å². The Hall–Kier alpha value is -2.87. The molecule has 26 heavy (non-hydrogen) atoms. The number of benzene rings is 1. The zero-order valence-corrected chi connectivity index (χ0v) is 15.8. The van der Waals surface area contributed by atoms with Gasteiger partial charge in [0, 0.05) is 42.7 Å². The van der Waals surface area contributed by atoms with E-state index in [1.807, 2.05) is 31.1 Å². The average molecular weight is 418 g/mol. The molecule has 8 heteroatoms. The van der Waals surface area contributed by atoms with Crippen LogP contribution in [0.25, 0.3) is 10.8 Å². The van der Waals surface area contributed by atoms with Gasteiger partial charge in [-0.3, -0.25) is 9.59 Å². The molecule has 0 atom stereocenters. The highest BCUT2D eigenvalue weighted by atomic mass is 79.9. The number of fused-ring (bicyclic) bond motifs is 1. The molecule has 0 saturated heterocycles. The Morgan fingerprint density at radius 3 is 2.08 bits per heavy atom. The molecule has 2 aromatic carbocycles. The summed E-state index contributed by atoms with van der Waals surface area (Å²) in [6, 6.07) is 10.1. The van der Waals surface area contributed by atoms with Crippen LogP contribution in [-0.2, 0) is 16.2 Å².